The van der Waals surface area contributed by atoms with Gasteiger partial charge in [-0.15, -0.1) is 0 Å². The summed E-state index contributed by atoms with van der Waals surface area (Å²) in [5.41, 5.74) is 6.63. The van der Waals surface area contributed by atoms with Gasteiger partial charge >= 0.3 is 0 Å². The van der Waals surface area contributed by atoms with Crippen LogP contribution in [0.4, 0.5) is 15.9 Å². The fourth-order valence-electron chi connectivity index (χ4n) is 1.35. The number of aromatic nitrogens is 2. The van der Waals surface area contributed by atoms with Crippen LogP contribution >= 0.6 is 15.9 Å². The fourth-order valence-corrected chi connectivity index (χ4v) is 1.75. The number of halogens is 2. The molecule has 0 aliphatic carbocycles. The van der Waals surface area contributed by atoms with Crippen molar-refractivity contribution in [3.8, 4) is 0 Å². The molecule has 4 nitrogen and oxygen atoms in total. The number of hydrogen-bond donors (Lipinski definition) is 2. The standard InChI is InChI=1S/C11H10BrFN4/c12-8-1-2-9(13)7(3-8)4-16-11-10(14)5-15-6-17-11/h1-3,5-6H,4,14H2,(H,15,16,17). The Labute approximate surface area is 106 Å². The molecule has 6 heteroatoms. The van der Waals surface area contributed by atoms with Gasteiger partial charge in [-0.1, -0.05) is 15.9 Å². The van der Waals surface area contributed by atoms with E-state index in [1.807, 2.05) is 0 Å². The predicted molar refractivity (Wildman–Crippen MR) is 67.9 cm³/mol. The summed E-state index contributed by atoms with van der Waals surface area (Å²) < 4.78 is 14.3. The molecule has 0 aliphatic heterocycles. The minimum Gasteiger partial charge on any atom is -0.394 e. The van der Waals surface area contributed by atoms with E-state index in [9.17, 15) is 4.39 Å². The number of benzene rings is 1. The number of rotatable bonds is 3. The van der Waals surface area contributed by atoms with Crippen LogP contribution in [0.15, 0.2) is 35.2 Å². The van der Waals surface area contributed by atoms with Gasteiger partial charge in [0.25, 0.3) is 0 Å². The van der Waals surface area contributed by atoms with Gasteiger partial charge < -0.3 is 11.1 Å². The molecule has 2 rings (SSSR count). The largest absolute Gasteiger partial charge is 0.394 e. The van der Waals surface area contributed by atoms with Crippen LogP contribution in [0.2, 0.25) is 0 Å². The highest BCUT2D eigenvalue weighted by Gasteiger charge is 2.04. The smallest absolute Gasteiger partial charge is 0.152 e. The fraction of sp³-hybridized carbons (Fsp3) is 0.0909. The molecule has 0 fully saturated rings. The Kier molecular flexibility index (Phi) is 3.53. The number of nitrogen functional groups attached to an aromatic ring is 1. The lowest BCUT2D eigenvalue weighted by atomic mass is 10.2. The summed E-state index contributed by atoms with van der Waals surface area (Å²) in [6, 6.07) is 4.77. The zero-order valence-electron chi connectivity index (χ0n) is 8.82. The molecule has 1 heterocycles. The Morgan fingerprint density at radius 3 is 3.00 bits per heavy atom. The Hall–Kier alpha value is -1.69. The SMILES string of the molecule is Nc1cncnc1NCc1cc(Br)ccc1F. The minimum atomic E-state index is -0.270. The number of nitrogens with two attached hydrogens (primary N) is 1. The van der Waals surface area contributed by atoms with Gasteiger partial charge in [-0.3, -0.25) is 0 Å². The summed E-state index contributed by atoms with van der Waals surface area (Å²) in [5, 5.41) is 2.96. The topological polar surface area (TPSA) is 63.8 Å². The maximum atomic E-state index is 13.4. The first-order valence-corrected chi connectivity index (χ1v) is 5.69. The molecule has 0 aliphatic rings. The van der Waals surface area contributed by atoms with Crippen LogP contribution in [0.5, 0.6) is 0 Å². The Morgan fingerprint density at radius 2 is 2.24 bits per heavy atom. The van der Waals surface area contributed by atoms with Crippen molar-refractivity contribution in [1.82, 2.24) is 9.97 Å². The van der Waals surface area contributed by atoms with Crippen LogP contribution in [-0.4, -0.2) is 9.97 Å². The van der Waals surface area contributed by atoms with Gasteiger partial charge in [-0.2, -0.15) is 0 Å². The molecule has 1 aromatic carbocycles. The molecule has 0 unspecified atom stereocenters. The van der Waals surface area contributed by atoms with Crippen LogP contribution in [-0.2, 0) is 6.54 Å². The van der Waals surface area contributed by atoms with E-state index in [2.05, 4.69) is 31.2 Å². The molecular formula is C11H10BrFN4. The summed E-state index contributed by atoms with van der Waals surface area (Å²) in [4.78, 5) is 7.74. The van der Waals surface area contributed by atoms with Gasteiger partial charge in [0, 0.05) is 16.6 Å². The van der Waals surface area contributed by atoms with Crippen LogP contribution in [0, 0.1) is 5.82 Å². The first kappa shape index (κ1) is 11.8. The summed E-state index contributed by atoms with van der Waals surface area (Å²) in [5.74, 6) is 0.229. The molecule has 0 atom stereocenters. The molecule has 17 heavy (non-hydrogen) atoms. The second-order valence-electron chi connectivity index (χ2n) is 3.42. The third-order valence-electron chi connectivity index (χ3n) is 2.19. The molecule has 3 N–H and O–H groups in total. The Bertz CT molecular complexity index is 533. The summed E-state index contributed by atoms with van der Waals surface area (Å²) >= 11 is 3.29. The summed E-state index contributed by atoms with van der Waals surface area (Å²) in [6.07, 6.45) is 2.88. The number of nitrogens with zero attached hydrogens (tertiary/aromatic N) is 2. The Balaban J connectivity index is 2.12. The van der Waals surface area contributed by atoms with E-state index in [1.54, 1.807) is 12.1 Å². The molecular weight excluding hydrogens is 287 g/mol. The van der Waals surface area contributed by atoms with Gasteiger partial charge in [-0.25, -0.2) is 14.4 Å². The third kappa shape index (κ3) is 2.91. The molecule has 88 valence electrons. The van der Waals surface area contributed by atoms with E-state index in [4.69, 9.17) is 5.73 Å². The molecule has 2 aromatic rings. The predicted octanol–water partition coefficient (Wildman–Crippen LogP) is 2.57. The quantitative estimate of drug-likeness (QED) is 0.914. The van der Waals surface area contributed by atoms with Crippen molar-refractivity contribution in [2.45, 2.75) is 6.54 Å². The normalized spacial score (nSPS) is 10.2. The van der Waals surface area contributed by atoms with Crippen molar-refractivity contribution in [3.63, 3.8) is 0 Å². The molecule has 0 saturated heterocycles. The van der Waals surface area contributed by atoms with Crippen molar-refractivity contribution in [1.29, 1.82) is 0 Å². The Morgan fingerprint density at radius 1 is 1.41 bits per heavy atom. The number of anilines is 2. The highest BCUT2D eigenvalue weighted by molar-refractivity contribution is 9.10. The lowest BCUT2D eigenvalue weighted by Crippen LogP contribution is -2.06. The zero-order chi connectivity index (χ0) is 12.3. The lowest BCUT2D eigenvalue weighted by Gasteiger charge is -2.08. The van der Waals surface area contributed by atoms with Gasteiger partial charge in [0.15, 0.2) is 5.82 Å². The zero-order valence-corrected chi connectivity index (χ0v) is 10.4. The van der Waals surface area contributed by atoms with Crippen molar-refractivity contribution >= 4 is 27.4 Å². The lowest BCUT2D eigenvalue weighted by molar-refractivity contribution is 0.612. The van der Waals surface area contributed by atoms with Crippen molar-refractivity contribution in [3.05, 3.63) is 46.6 Å². The first-order chi connectivity index (χ1) is 8.16. The van der Waals surface area contributed by atoms with Crippen molar-refractivity contribution < 1.29 is 4.39 Å². The summed E-state index contributed by atoms with van der Waals surface area (Å²) in [6.45, 7) is 0.312. The van der Waals surface area contributed by atoms with E-state index in [-0.39, 0.29) is 5.82 Å². The van der Waals surface area contributed by atoms with Crippen LogP contribution in [0.25, 0.3) is 0 Å². The van der Waals surface area contributed by atoms with Crippen molar-refractivity contribution in [2.75, 3.05) is 11.1 Å². The molecule has 1 aromatic heterocycles. The van der Waals surface area contributed by atoms with Crippen molar-refractivity contribution in [2.24, 2.45) is 0 Å². The van der Waals surface area contributed by atoms with E-state index in [1.165, 1.54) is 18.6 Å². The van der Waals surface area contributed by atoms with E-state index in [0.29, 0.717) is 23.6 Å². The van der Waals surface area contributed by atoms with Gasteiger partial charge in [0.1, 0.15) is 12.1 Å². The van der Waals surface area contributed by atoms with Gasteiger partial charge in [0.2, 0.25) is 0 Å². The number of nitrogens with one attached hydrogen (secondary N) is 1. The summed E-state index contributed by atoms with van der Waals surface area (Å²) in [7, 11) is 0. The highest BCUT2D eigenvalue weighted by Crippen LogP contribution is 2.18. The van der Waals surface area contributed by atoms with Crippen LogP contribution in [0.3, 0.4) is 0 Å². The maximum absolute atomic E-state index is 13.4. The molecule has 0 bridgehead atoms. The highest BCUT2D eigenvalue weighted by atomic mass is 79.9. The molecule has 0 saturated carbocycles. The maximum Gasteiger partial charge on any atom is 0.152 e. The first-order valence-electron chi connectivity index (χ1n) is 4.90. The molecule has 0 amide bonds. The second kappa shape index (κ2) is 5.09. The van der Waals surface area contributed by atoms with Crippen LogP contribution in [0.1, 0.15) is 5.56 Å². The average molecular weight is 297 g/mol. The van der Waals surface area contributed by atoms with E-state index < -0.39 is 0 Å². The minimum absolute atomic E-state index is 0.270. The second-order valence-corrected chi connectivity index (χ2v) is 4.33. The monoisotopic (exact) mass is 296 g/mol. The van der Waals surface area contributed by atoms with E-state index >= 15 is 0 Å². The van der Waals surface area contributed by atoms with Gasteiger partial charge in [-0.05, 0) is 18.2 Å². The number of hydrogen-bond acceptors (Lipinski definition) is 4. The average Bonchev–Trinajstić information content (AvgIpc) is 2.32. The molecule has 0 radical (unpaired) electrons. The van der Waals surface area contributed by atoms with Crippen LogP contribution < -0.4 is 11.1 Å². The molecule has 0 spiro atoms. The van der Waals surface area contributed by atoms with E-state index in [0.717, 1.165) is 4.47 Å². The third-order valence-corrected chi connectivity index (χ3v) is 2.69. The van der Waals surface area contributed by atoms with Gasteiger partial charge in [0.05, 0.1) is 11.9 Å².